The lowest BCUT2D eigenvalue weighted by Gasteiger charge is -2.14. The number of esters is 1. The van der Waals surface area contributed by atoms with Gasteiger partial charge in [0.15, 0.2) is 0 Å². The van der Waals surface area contributed by atoms with E-state index in [1.807, 2.05) is 13.8 Å². The molecule has 1 unspecified atom stereocenters. The average Bonchev–Trinajstić information content (AvgIpc) is 2.22. The van der Waals surface area contributed by atoms with Gasteiger partial charge in [-0.05, 0) is 37.1 Å². The Morgan fingerprint density at radius 3 is 2.75 bits per heavy atom. The molecule has 0 aliphatic heterocycles. The summed E-state index contributed by atoms with van der Waals surface area (Å²) in [6, 6.07) is 4.65. The summed E-state index contributed by atoms with van der Waals surface area (Å²) in [5.74, 6) is -0.438. The van der Waals surface area contributed by atoms with E-state index in [2.05, 4.69) is 0 Å². The Labute approximate surface area is 95.4 Å². The second-order valence-corrected chi connectivity index (χ2v) is 3.93. The molecule has 88 valence electrons. The highest BCUT2D eigenvalue weighted by molar-refractivity contribution is 5.69. The van der Waals surface area contributed by atoms with E-state index in [1.165, 1.54) is 12.1 Å². The van der Waals surface area contributed by atoms with Crippen molar-refractivity contribution in [2.75, 3.05) is 0 Å². The normalized spacial score (nSPS) is 12.2. The van der Waals surface area contributed by atoms with Gasteiger partial charge in [0.05, 0.1) is 0 Å². The first-order valence-electron chi connectivity index (χ1n) is 5.47. The number of benzene rings is 1. The van der Waals surface area contributed by atoms with Crippen LogP contribution in [0.1, 0.15) is 31.4 Å². The quantitative estimate of drug-likeness (QED) is 0.735. The summed E-state index contributed by atoms with van der Waals surface area (Å²) < 4.78 is 18.0. The van der Waals surface area contributed by atoms with Crippen LogP contribution in [0.15, 0.2) is 18.2 Å². The number of rotatable bonds is 4. The smallest absolute Gasteiger partial charge is 0.305 e. The van der Waals surface area contributed by atoms with Crippen molar-refractivity contribution >= 4 is 5.97 Å². The maximum absolute atomic E-state index is 12.9. The predicted octanol–water partition coefficient (Wildman–Crippen LogP) is 3.02. The SMILES string of the molecule is CCC(=O)OC(C)Cc1ccc(F)cc1C. The maximum Gasteiger partial charge on any atom is 0.305 e. The number of halogens is 1. The number of ether oxygens (including phenoxy) is 1. The molecule has 0 saturated heterocycles. The first-order valence-corrected chi connectivity index (χ1v) is 5.47. The van der Waals surface area contributed by atoms with Gasteiger partial charge in [-0.25, -0.2) is 4.39 Å². The van der Waals surface area contributed by atoms with Crippen molar-refractivity contribution in [2.45, 2.75) is 39.7 Å². The van der Waals surface area contributed by atoms with Crippen LogP contribution in [-0.2, 0) is 16.0 Å². The fraction of sp³-hybridized carbons (Fsp3) is 0.462. The topological polar surface area (TPSA) is 26.3 Å². The molecule has 0 spiro atoms. The largest absolute Gasteiger partial charge is 0.462 e. The summed E-state index contributed by atoms with van der Waals surface area (Å²) in [6.07, 6.45) is 0.835. The van der Waals surface area contributed by atoms with E-state index >= 15 is 0 Å². The molecule has 0 fully saturated rings. The van der Waals surface area contributed by atoms with Gasteiger partial charge in [-0.3, -0.25) is 4.79 Å². The molecule has 0 aliphatic carbocycles. The minimum atomic E-state index is -0.237. The van der Waals surface area contributed by atoms with Gasteiger partial charge in [0, 0.05) is 12.8 Å². The Morgan fingerprint density at radius 2 is 2.19 bits per heavy atom. The maximum atomic E-state index is 12.9. The van der Waals surface area contributed by atoms with Crippen molar-refractivity contribution < 1.29 is 13.9 Å². The molecule has 1 aromatic carbocycles. The molecule has 0 radical (unpaired) electrons. The molecule has 0 N–H and O–H groups in total. The molecule has 3 heteroatoms. The minimum absolute atomic E-state index is 0.170. The van der Waals surface area contributed by atoms with Crippen LogP contribution in [0.4, 0.5) is 4.39 Å². The second-order valence-electron chi connectivity index (χ2n) is 3.93. The Kier molecular flexibility index (Phi) is 4.47. The highest BCUT2D eigenvalue weighted by Crippen LogP contribution is 2.13. The van der Waals surface area contributed by atoms with Gasteiger partial charge >= 0.3 is 5.97 Å². The van der Waals surface area contributed by atoms with Crippen LogP contribution in [0, 0.1) is 12.7 Å². The van der Waals surface area contributed by atoms with Crippen LogP contribution in [0.25, 0.3) is 0 Å². The molecule has 0 amide bonds. The van der Waals surface area contributed by atoms with E-state index in [0.717, 1.165) is 11.1 Å². The van der Waals surface area contributed by atoms with Gasteiger partial charge in [-0.2, -0.15) is 0 Å². The molecule has 16 heavy (non-hydrogen) atoms. The summed E-state index contributed by atoms with van der Waals surface area (Å²) in [5, 5.41) is 0. The van der Waals surface area contributed by atoms with Gasteiger partial charge in [-0.1, -0.05) is 13.0 Å². The summed E-state index contributed by atoms with van der Waals surface area (Å²) in [6.45, 7) is 5.46. The van der Waals surface area contributed by atoms with Crippen molar-refractivity contribution in [3.63, 3.8) is 0 Å². The molecule has 0 aliphatic rings. The third kappa shape index (κ3) is 3.65. The van der Waals surface area contributed by atoms with E-state index in [-0.39, 0.29) is 17.9 Å². The number of carbonyl (C=O) groups is 1. The van der Waals surface area contributed by atoms with Gasteiger partial charge in [-0.15, -0.1) is 0 Å². The lowest BCUT2D eigenvalue weighted by atomic mass is 10.0. The van der Waals surface area contributed by atoms with Gasteiger partial charge in [0.1, 0.15) is 11.9 Å². The molecule has 1 aromatic rings. The summed E-state index contributed by atoms with van der Waals surface area (Å²) >= 11 is 0. The second kappa shape index (κ2) is 5.64. The van der Waals surface area contributed by atoms with Crippen LogP contribution in [0.2, 0.25) is 0 Å². The van der Waals surface area contributed by atoms with Gasteiger partial charge in [0.2, 0.25) is 0 Å². The number of hydrogen-bond donors (Lipinski definition) is 0. The van der Waals surface area contributed by atoms with Crippen molar-refractivity contribution in [1.29, 1.82) is 0 Å². The molecule has 0 aromatic heterocycles. The van der Waals surface area contributed by atoms with Gasteiger partial charge in [0.25, 0.3) is 0 Å². The van der Waals surface area contributed by atoms with Crippen molar-refractivity contribution in [3.05, 3.63) is 35.1 Å². The summed E-state index contributed by atoms with van der Waals surface area (Å²) in [4.78, 5) is 11.1. The average molecular weight is 224 g/mol. The molecule has 0 saturated carbocycles. The zero-order valence-corrected chi connectivity index (χ0v) is 9.92. The Hall–Kier alpha value is -1.38. The van der Waals surface area contributed by atoms with Crippen LogP contribution in [0.3, 0.4) is 0 Å². The molecule has 1 rings (SSSR count). The minimum Gasteiger partial charge on any atom is -0.462 e. The summed E-state index contributed by atoms with van der Waals surface area (Å²) in [5.41, 5.74) is 1.90. The van der Waals surface area contributed by atoms with E-state index < -0.39 is 0 Å². The lowest BCUT2D eigenvalue weighted by molar-refractivity contribution is -0.147. The fourth-order valence-electron chi connectivity index (χ4n) is 1.55. The molecule has 0 heterocycles. The third-order valence-corrected chi connectivity index (χ3v) is 2.43. The van der Waals surface area contributed by atoms with Crippen molar-refractivity contribution in [1.82, 2.24) is 0 Å². The Balaban J connectivity index is 2.62. The predicted molar refractivity (Wildman–Crippen MR) is 60.7 cm³/mol. The molecule has 0 bridgehead atoms. The van der Waals surface area contributed by atoms with Crippen LogP contribution < -0.4 is 0 Å². The molecule has 2 nitrogen and oxygen atoms in total. The fourth-order valence-corrected chi connectivity index (χ4v) is 1.55. The number of carbonyl (C=O) groups excluding carboxylic acids is 1. The Bertz CT molecular complexity index is 374. The Morgan fingerprint density at radius 1 is 1.50 bits per heavy atom. The van der Waals surface area contributed by atoms with Crippen LogP contribution in [-0.4, -0.2) is 12.1 Å². The monoisotopic (exact) mass is 224 g/mol. The lowest BCUT2D eigenvalue weighted by Crippen LogP contribution is -2.17. The highest BCUT2D eigenvalue weighted by Gasteiger charge is 2.10. The van der Waals surface area contributed by atoms with Crippen molar-refractivity contribution in [2.24, 2.45) is 0 Å². The number of hydrogen-bond acceptors (Lipinski definition) is 2. The number of aryl methyl sites for hydroxylation is 1. The van der Waals surface area contributed by atoms with Crippen LogP contribution >= 0.6 is 0 Å². The zero-order chi connectivity index (χ0) is 12.1. The van der Waals surface area contributed by atoms with Gasteiger partial charge < -0.3 is 4.74 Å². The first kappa shape index (κ1) is 12.7. The molecular formula is C13H17FO2. The molecular weight excluding hydrogens is 207 g/mol. The van der Waals surface area contributed by atoms with E-state index in [9.17, 15) is 9.18 Å². The first-order chi connectivity index (χ1) is 7.52. The zero-order valence-electron chi connectivity index (χ0n) is 9.92. The standard InChI is InChI=1S/C13H17FO2/c1-4-13(15)16-10(3)8-11-5-6-12(14)7-9(11)2/h5-7,10H,4,8H2,1-3H3. The van der Waals surface area contributed by atoms with E-state index in [4.69, 9.17) is 4.74 Å². The van der Waals surface area contributed by atoms with E-state index in [1.54, 1.807) is 13.0 Å². The van der Waals surface area contributed by atoms with E-state index in [0.29, 0.717) is 12.8 Å². The van der Waals surface area contributed by atoms with Crippen molar-refractivity contribution in [3.8, 4) is 0 Å². The third-order valence-electron chi connectivity index (χ3n) is 2.43. The van der Waals surface area contributed by atoms with Crippen LogP contribution in [0.5, 0.6) is 0 Å². The summed E-state index contributed by atoms with van der Waals surface area (Å²) in [7, 11) is 0. The highest BCUT2D eigenvalue weighted by atomic mass is 19.1. The molecule has 1 atom stereocenters.